The summed E-state index contributed by atoms with van der Waals surface area (Å²) in [5.74, 6) is 0. The summed E-state index contributed by atoms with van der Waals surface area (Å²) in [7, 11) is 4.10. The SMILES string of the molecule is CN(C)c1ccc(/C=C\c2ccccc2)cc1. The lowest BCUT2D eigenvalue weighted by Crippen LogP contribution is -2.07. The molecule has 0 aliphatic heterocycles. The Balaban J connectivity index is 2.12. The molecule has 1 nitrogen and oxygen atoms in total. The lowest BCUT2D eigenvalue weighted by Gasteiger charge is -2.11. The molecule has 0 spiro atoms. The predicted octanol–water partition coefficient (Wildman–Crippen LogP) is 3.92. The summed E-state index contributed by atoms with van der Waals surface area (Å²) in [6.45, 7) is 0. The second-order valence-electron chi connectivity index (χ2n) is 4.23. The van der Waals surface area contributed by atoms with Crippen molar-refractivity contribution < 1.29 is 0 Å². The van der Waals surface area contributed by atoms with Crippen LogP contribution in [-0.2, 0) is 0 Å². The van der Waals surface area contributed by atoms with E-state index in [1.807, 2.05) is 6.07 Å². The first-order valence-electron chi connectivity index (χ1n) is 5.76. The molecule has 2 aromatic carbocycles. The van der Waals surface area contributed by atoms with Crippen molar-refractivity contribution in [3.05, 3.63) is 65.7 Å². The minimum atomic E-state index is 1.22. The highest BCUT2D eigenvalue weighted by Gasteiger charge is 1.93. The molecule has 0 amide bonds. The first-order valence-corrected chi connectivity index (χ1v) is 5.76. The van der Waals surface area contributed by atoms with Crippen LogP contribution in [0, 0.1) is 0 Å². The van der Waals surface area contributed by atoms with Gasteiger partial charge in [0.2, 0.25) is 0 Å². The van der Waals surface area contributed by atoms with E-state index in [1.54, 1.807) is 0 Å². The van der Waals surface area contributed by atoms with E-state index in [9.17, 15) is 0 Å². The van der Waals surface area contributed by atoms with Crippen LogP contribution < -0.4 is 4.90 Å². The van der Waals surface area contributed by atoms with E-state index in [0.717, 1.165) is 0 Å². The molecule has 0 saturated carbocycles. The summed E-state index contributed by atoms with van der Waals surface area (Å²) in [4.78, 5) is 2.10. The minimum absolute atomic E-state index is 1.22. The normalized spacial score (nSPS) is 10.7. The number of nitrogens with zero attached hydrogens (tertiary/aromatic N) is 1. The predicted molar refractivity (Wildman–Crippen MR) is 76.1 cm³/mol. The third-order valence-electron chi connectivity index (χ3n) is 2.68. The summed E-state index contributed by atoms with van der Waals surface area (Å²) < 4.78 is 0. The van der Waals surface area contributed by atoms with Crippen LogP contribution in [0.5, 0.6) is 0 Å². The van der Waals surface area contributed by atoms with Gasteiger partial charge in [-0.2, -0.15) is 0 Å². The smallest absolute Gasteiger partial charge is 0.0361 e. The van der Waals surface area contributed by atoms with Gasteiger partial charge in [0.25, 0.3) is 0 Å². The maximum Gasteiger partial charge on any atom is 0.0361 e. The zero-order valence-corrected chi connectivity index (χ0v) is 10.3. The van der Waals surface area contributed by atoms with Crippen molar-refractivity contribution in [3.63, 3.8) is 0 Å². The average Bonchev–Trinajstić information content (AvgIpc) is 2.38. The second-order valence-corrected chi connectivity index (χ2v) is 4.23. The van der Waals surface area contributed by atoms with Crippen molar-refractivity contribution in [1.29, 1.82) is 0 Å². The summed E-state index contributed by atoms with van der Waals surface area (Å²) in [6, 6.07) is 18.9. The fourth-order valence-electron chi connectivity index (χ4n) is 1.64. The molecule has 0 N–H and O–H groups in total. The monoisotopic (exact) mass is 223 g/mol. The van der Waals surface area contributed by atoms with Gasteiger partial charge in [-0.1, -0.05) is 54.6 Å². The molecular formula is C16H17N. The van der Waals surface area contributed by atoms with E-state index in [4.69, 9.17) is 0 Å². The molecule has 17 heavy (non-hydrogen) atoms. The number of rotatable bonds is 3. The molecule has 86 valence electrons. The van der Waals surface area contributed by atoms with Crippen LogP contribution in [0.1, 0.15) is 11.1 Å². The molecule has 0 fully saturated rings. The maximum absolute atomic E-state index is 2.13. The molecule has 2 rings (SSSR count). The molecule has 0 aromatic heterocycles. The van der Waals surface area contributed by atoms with Gasteiger partial charge in [0.15, 0.2) is 0 Å². The van der Waals surface area contributed by atoms with Crippen LogP contribution >= 0.6 is 0 Å². The fourth-order valence-corrected chi connectivity index (χ4v) is 1.64. The second kappa shape index (κ2) is 5.35. The fraction of sp³-hybridized carbons (Fsp3) is 0.125. The largest absolute Gasteiger partial charge is 0.378 e. The zero-order valence-electron chi connectivity index (χ0n) is 10.3. The first kappa shape index (κ1) is 11.5. The Morgan fingerprint density at radius 3 is 1.76 bits per heavy atom. The van der Waals surface area contributed by atoms with Gasteiger partial charge in [0.1, 0.15) is 0 Å². The summed E-state index contributed by atoms with van der Waals surface area (Å²) in [5.41, 5.74) is 3.67. The Labute approximate surface area is 103 Å². The molecule has 1 heteroatoms. The van der Waals surface area contributed by atoms with Crippen molar-refractivity contribution in [2.24, 2.45) is 0 Å². The van der Waals surface area contributed by atoms with Gasteiger partial charge in [-0.05, 0) is 23.3 Å². The Morgan fingerprint density at radius 1 is 0.706 bits per heavy atom. The number of hydrogen-bond donors (Lipinski definition) is 0. The standard InChI is InChI=1S/C16H17N/c1-17(2)16-12-10-15(11-13-16)9-8-14-6-4-3-5-7-14/h3-13H,1-2H3/b9-8-. The number of anilines is 1. The van der Waals surface area contributed by atoms with E-state index < -0.39 is 0 Å². The van der Waals surface area contributed by atoms with Crippen LogP contribution in [0.4, 0.5) is 5.69 Å². The van der Waals surface area contributed by atoms with Crippen molar-refractivity contribution in [2.45, 2.75) is 0 Å². The third kappa shape index (κ3) is 3.22. The maximum atomic E-state index is 2.13. The molecule has 0 aliphatic rings. The van der Waals surface area contributed by atoms with E-state index in [1.165, 1.54) is 16.8 Å². The highest BCUT2D eigenvalue weighted by atomic mass is 15.1. The van der Waals surface area contributed by atoms with Crippen molar-refractivity contribution >= 4 is 17.8 Å². The molecule has 0 saturated heterocycles. The zero-order chi connectivity index (χ0) is 12.1. The number of benzene rings is 2. The number of hydrogen-bond acceptors (Lipinski definition) is 1. The van der Waals surface area contributed by atoms with Crippen LogP contribution in [0.15, 0.2) is 54.6 Å². The quantitative estimate of drug-likeness (QED) is 0.713. The topological polar surface area (TPSA) is 3.24 Å². The van der Waals surface area contributed by atoms with E-state index in [0.29, 0.717) is 0 Å². The van der Waals surface area contributed by atoms with Gasteiger partial charge in [-0.25, -0.2) is 0 Å². The van der Waals surface area contributed by atoms with Crippen molar-refractivity contribution in [1.82, 2.24) is 0 Å². The van der Waals surface area contributed by atoms with Crippen LogP contribution in [0.2, 0.25) is 0 Å². The molecule has 0 unspecified atom stereocenters. The highest BCUT2D eigenvalue weighted by molar-refractivity contribution is 5.70. The van der Waals surface area contributed by atoms with Crippen LogP contribution in [-0.4, -0.2) is 14.1 Å². The van der Waals surface area contributed by atoms with Gasteiger partial charge in [0.05, 0.1) is 0 Å². The Bertz CT molecular complexity index is 481. The molecule has 0 bridgehead atoms. The molecule has 0 heterocycles. The van der Waals surface area contributed by atoms with Crippen LogP contribution in [0.25, 0.3) is 12.2 Å². The van der Waals surface area contributed by atoms with Gasteiger partial charge < -0.3 is 4.90 Å². The molecular weight excluding hydrogens is 206 g/mol. The van der Waals surface area contributed by atoms with Gasteiger partial charge >= 0.3 is 0 Å². The average molecular weight is 223 g/mol. The molecule has 0 radical (unpaired) electrons. The minimum Gasteiger partial charge on any atom is -0.378 e. The lowest BCUT2D eigenvalue weighted by molar-refractivity contribution is 1.13. The summed E-state index contributed by atoms with van der Waals surface area (Å²) >= 11 is 0. The van der Waals surface area contributed by atoms with Gasteiger partial charge in [-0.15, -0.1) is 0 Å². The summed E-state index contributed by atoms with van der Waals surface area (Å²) in [5, 5.41) is 0. The Hall–Kier alpha value is -2.02. The first-order chi connectivity index (χ1) is 8.25. The lowest BCUT2D eigenvalue weighted by atomic mass is 10.1. The van der Waals surface area contributed by atoms with Crippen molar-refractivity contribution in [2.75, 3.05) is 19.0 Å². The van der Waals surface area contributed by atoms with E-state index in [2.05, 4.69) is 79.7 Å². The summed E-state index contributed by atoms with van der Waals surface area (Å²) in [6.07, 6.45) is 4.26. The molecule has 0 atom stereocenters. The molecule has 0 aliphatic carbocycles. The third-order valence-corrected chi connectivity index (χ3v) is 2.68. The van der Waals surface area contributed by atoms with Gasteiger partial charge in [0, 0.05) is 19.8 Å². The van der Waals surface area contributed by atoms with Crippen LogP contribution in [0.3, 0.4) is 0 Å². The Kier molecular flexibility index (Phi) is 3.61. The van der Waals surface area contributed by atoms with Crippen molar-refractivity contribution in [3.8, 4) is 0 Å². The van der Waals surface area contributed by atoms with E-state index in [-0.39, 0.29) is 0 Å². The van der Waals surface area contributed by atoms with E-state index >= 15 is 0 Å². The Morgan fingerprint density at radius 2 is 1.24 bits per heavy atom. The highest BCUT2D eigenvalue weighted by Crippen LogP contribution is 2.14. The molecule has 2 aromatic rings. The van der Waals surface area contributed by atoms with Gasteiger partial charge in [-0.3, -0.25) is 0 Å².